The number of anilines is 1. The Hall–Kier alpha value is -1.30. The maximum atomic E-state index is 12.5. The highest BCUT2D eigenvalue weighted by atomic mass is 19.4. The summed E-state index contributed by atoms with van der Waals surface area (Å²) < 4.78 is 37.6. The van der Waals surface area contributed by atoms with Crippen molar-refractivity contribution < 1.29 is 13.2 Å². The van der Waals surface area contributed by atoms with Crippen molar-refractivity contribution in [3.05, 3.63) is 24.0 Å². The van der Waals surface area contributed by atoms with Crippen LogP contribution in [0.3, 0.4) is 0 Å². The number of hydrogen-bond acceptors (Lipinski definition) is 3. The molecule has 2 unspecified atom stereocenters. The molecule has 0 aromatic carbocycles. The van der Waals surface area contributed by atoms with E-state index in [0.717, 1.165) is 24.8 Å². The molecule has 20 heavy (non-hydrogen) atoms. The van der Waals surface area contributed by atoms with Gasteiger partial charge in [-0.05, 0) is 25.0 Å². The smallest absolute Gasteiger partial charge is 0.364 e. The van der Waals surface area contributed by atoms with E-state index in [0.29, 0.717) is 12.0 Å². The first kappa shape index (κ1) is 15.1. The monoisotopic (exact) mass is 287 g/mol. The van der Waals surface area contributed by atoms with Gasteiger partial charge in [0.05, 0.1) is 11.9 Å². The normalized spacial score (nSPS) is 24.2. The molecule has 1 aromatic rings. The molecule has 2 rings (SSSR count). The lowest BCUT2D eigenvalue weighted by Gasteiger charge is -2.43. The summed E-state index contributed by atoms with van der Waals surface area (Å²) in [5.74, 6) is 0.414. The lowest BCUT2D eigenvalue weighted by atomic mass is 9.98. The van der Waals surface area contributed by atoms with Gasteiger partial charge in [0.15, 0.2) is 0 Å². The fourth-order valence-corrected chi connectivity index (χ4v) is 2.54. The topological polar surface area (TPSA) is 28.2 Å². The predicted molar refractivity (Wildman–Crippen MR) is 72.7 cm³/mol. The lowest BCUT2D eigenvalue weighted by Crippen LogP contribution is -2.57. The molecule has 1 fully saturated rings. The summed E-state index contributed by atoms with van der Waals surface area (Å²) in [5, 5.41) is 3.41. The molecule has 3 nitrogen and oxygen atoms in total. The van der Waals surface area contributed by atoms with Gasteiger partial charge in [-0.1, -0.05) is 13.8 Å². The molecular formula is C14H20F3N3. The van der Waals surface area contributed by atoms with Crippen molar-refractivity contribution in [1.29, 1.82) is 0 Å². The number of piperazine rings is 1. The number of hydrogen-bond donors (Lipinski definition) is 1. The molecule has 1 saturated heterocycles. The van der Waals surface area contributed by atoms with Gasteiger partial charge in [-0.2, -0.15) is 13.2 Å². The highest BCUT2D eigenvalue weighted by molar-refractivity contribution is 5.47. The molecule has 1 aliphatic rings. The number of alkyl halides is 3. The highest BCUT2D eigenvalue weighted by Gasteiger charge is 2.33. The standard InChI is InChI=1S/C14H20F3N3/c1-9(2)12-7-18-10(3)8-20(12)11-4-5-13(19-6-11)14(15,16)17/h4-6,9-10,12,18H,7-8H2,1-3H3. The molecule has 2 heterocycles. The number of halogens is 3. The summed E-state index contributed by atoms with van der Waals surface area (Å²) in [5.41, 5.74) is -0.0874. The van der Waals surface area contributed by atoms with E-state index in [1.807, 2.05) is 0 Å². The van der Waals surface area contributed by atoms with Crippen molar-refractivity contribution in [2.75, 3.05) is 18.0 Å². The molecule has 0 aliphatic carbocycles. The third kappa shape index (κ3) is 3.23. The van der Waals surface area contributed by atoms with Gasteiger partial charge in [0.25, 0.3) is 0 Å². The van der Waals surface area contributed by atoms with Crippen molar-refractivity contribution >= 4 is 5.69 Å². The van der Waals surface area contributed by atoms with E-state index in [4.69, 9.17) is 0 Å². The van der Waals surface area contributed by atoms with Crippen LogP contribution in [0, 0.1) is 5.92 Å². The molecule has 6 heteroatoms. The zero-order valence-electron chi connectivity index (χ0n) is 11.9. The van der Waals surface area contributed by atoms with Gasteiger partial charge in [-0.3, -0.25) is 0 Å². The second-order valence-corrected chi connectivity index (χ2v) is 5.67. The van der Waals surface area contributed by atoms with Crippen LogP contribution in [-0.2, 0) is 6.18 Å². The molecule has 112 valence electrons. The first-order valence-electron chi connectivity index (χ1n) is 6.82. The summed E-state index contributed by atoms with van der Waals surface area (Å²) >= 11 is 0. The summed E-state index contributed by atoms with van der Waals surface area (Å²) in [7, 11) is 0. The molecular weight excluding hydrogens is 267 g/mol. The van der Waals surface area contributed by atoms with Crippen molar-refractivity contribution in [2.45, 2.75) is 39.0 Å². The molecule has 0 radical (unpaired) electrons. The van der Waals surface area contributed by atoms with Gasteiger partial charge in [0, 0.05) is 25.2 Å². The Kier molecular flexibility index (Phi) is 4.22. The third-order valence-electron chi connectivity index (χ3n) is 3.69. The first-order chi connectivity index (χ1) is 9.29. The van der Waals surface area contributed by atoms with Gasteiger partial charge < -0.3 is 10.2 Å². The summed E-state index contributed by atoms with van der Waals surface area (Å²) in [6.45, 7) is 7.91. The van der Waals surface area contributed by atoms with Crippen LogP contribution >= 0.6 is 0 Å². The van der Waals surface area contributed by atoms with Crippen LogP contribution in [0.25, 0.3) is 0 Å². The third-order valence-corrected chi connectivity index (χ3v) is 3.69. The van der Waals surface area contributed by atoms with Gasteiger partial charge in [-0.15, -0.1) is 0 Å². The Morgan fingerprint density at radius 2 is 2.05 bits per heavy atom. The minimum absolute atomic E-state index is 0.268. The molecule has 0 saturated carbocycles. The van der Waals surface area contributed by atoms with E-state index in [1.54, 1.807) is 0 Å². The van der Waals surface area contributed by atoms with E-state index in [1.165, 1.54) is 12.3 Å². The average molecular weight is 287 g/mol. The SMILES string of the molecule is CC1CN(c2ccc(C(F)(F)F)nc2)C(C(C)C)CN1. The average Bonchev–Trinajstić information content (AvgIpc) is 2.37. The van der Waals surface area contributed by atoms with Gasteiger partial charge in [-0.25, -0.2) is 4.98 Å². The zero-order chi connectivity index (χ0) is 14.9. The molecule has 2 atom stereocenters. The Bertz CT molecular complexity index is 442. The molecule has 1 aliphatic heterocycles. The van der Waals surface area contributed by atoms with Crippen LogP contribution < -0.4 is 10.2 Å². The maximum Gasteiger partial charge on any atom is 0.433 e. The van der Waals surface area contributed by atoms with E-state index in [-0.39, 0.29) is 6.04 Å². The number of aromatic nitrogens is 1. The Morgan fingerprint density at radius 1 is 1.35 bits per heavy atom. The van der Waals surface area contributed by atoms with Gasteiger partial charge >= 0.3 is 6.18 Å². The molecule has 0 spiro atoms. The van der Waals surface area contributed by atoms with Crippen LogP contribution in [0.5, 0.6) is 0 Å². The summed E-state index contributed by atoms with van der Waals surface area (Å²) in [6, 6.07) is 3.15. The first-order valence-corrected chi connectivity index (χ1v) is 6.82. The molecule has 0 amide bonds. The van der Waals surface area contributed by atoms with Crippen LogP contribution in [0.2, 0.25) is 0 Å². The van der Waals surface area contributed by atoms with Gasteiger partial charge in [0.2, 0.25) is 0 Å². The Balaban J connectivity index is 2.23. The number of nitrogens with one attached hydrogen (secondary N) is 1. The van der Waals surface area contributed by atoms with E-state index in [9.17, 15) is 13.2 Å². The van der Waals surface area contributed by atoms with Crippen LogP contribution in [0.4, 0.5) is 18.9 Å². The minimum Gasteiger partial charge on any atom is -0.364 e. The fraction of sp³-hybridized carbons (Fsp3) is 0.643. The summed E-state index contributed by atoms with van der Waals surface area (Å²) in [4.78, 5) is 5.71. The Morgan fingerprint density at radius 3 is 2.55 bits per heavy atom. The zero-order valence-corrected chi connectivity index (χ0v) is 11.9. The Labute approximate surface area is 117 Å². The second kappa shape index (κ2) is 5.60. The highest BCUT2D eigenvalue weighted by Crippen LogP contribution is 2.29. The van der Waals surface area contributed by atoms with E-state index >= 15 is 0 Å². The van der Waals surface area contributed by atoms with E-state index in [2.05, 4.69) is 36.0 Å². The van der Waals surface area contributed by atoms with Crippen LogP contribution in [0.15, 0.2) is 18.3 Å². The van der Waals surface area contributed by atoms with E-state index < -0.39 is 11.9 Å². The molecule has 1 N–H and O–H groups in total. The van der Waals surface area contributed by atoms with Crippen molar-refractivity contribution in [2.24, 2.45) is 5.92 Å². The fourth-order valence-electron chi connectivity index (χ4n) is 2.54. The van der Waals surface area contributed by atoms with Gasteiger partial charge in [0.1, 0.15) is 5.69 Å². The van der Waals surface area contributed by atoms with Crippen molar-refractivity contribution in [1.82, 2.24) is 10.3 Å². The maximum absolute atomic E-state index is 12.5. The predicted octanol–water partition coefficient (Wildman–Crippen LogP) is 2.92. The van der Waals surface area contributed by atoms with Crippen molar-refractivity contribution in [3.8, 4) is 0 Å². The second-order valence-electron chi connectivity index (χ2n) is 5.67. The number of pyridine rings is 1. The number of nitrogens with zero attached hydrogens (tertiary/aromatic N) is 2. The van der Waals surface area contributed by atoms with Crippen LogP contribution in [-0.4, -0.2) is 30.2 Å². The largest absolute Gasteiger partial charge is 0.433 e. The minimum atomic E-state index is -4.38. The lowest BCUT2D eigenvalue weighted by molar-refractivity contribution is -0.141. The number of rotatable bonds is 2. The quantitative estimate of drug-likeness (QED) is 0.906. The molecule has 0 bridgehead atoms. The summed E-state index contributed by atoms with van der Waals surface area (Å²) in [6.07, 6.45) is -3.05. The van der Waals surface area contributed by atoms with Crippen molar-refractivity contribution in [3.63, 3.8) is 0 Å². The van der Waals surface area contributed by atoms with Crippen LogP contribution in [0.1, 0.15) is 26.5 Å². The molecule has 1 aromatic heterocycles.